The van der Waals surface area contributed by atoms with E-state index in [9.17, 15) is 4.79 Å². The van der Waals surface area contributed by atoms with Gasteiger partial charge in [0.2, 0.25) is 0 Å². The van der Waals surface area contributed by atoms with Crippen LogP contribution in [-0.4, -0.2) is 53.9 Å². The second-order valence-corrected chi connectivity index (χ2v) is 4.65. The van der Waals surface area contributed by atoms with E-state index in [4.69, 9.17) is 9.84 Å². The number of carbonyl (C=O) groups excluding carboxylic acids is 1. The molecule has 0 aliphatic heterocycles. The molecule has 112 valence electrons. The number of aliphatic hydroxyl groups is 1. The van der Waals surface area contributed by atoms with Crippen LogP contribution in [0.5, 0.6) is 0 Å². The second-order valence-electron chi connectivity index (χ2n) is 4.65. The quantitative estimate of drug-likeness (QED) is 0.841. The van der Waals surface area contributed by atoms with Crippen molar-refractivity contribution in [3.63, 3.8) is 0 Å². The molecule has 2 rings (SSSR count). The smallest absolute Gasteiger partial charge is 0.254 e. The van der Waals surface area contributed by atoms with E-state index in [1.54, 1.807) is 18.1 Å². The van der Waals surface area contributed by atoms with Gasteiger partial charge >= 0.3 is 0 Å². The van der Waals surface area contributed by atoms with E-state index in [0.717, 1.165) is 5.69 Å². The van der Waals surface area contributed by atoms with E-state index in [1.165, 1.54) is 0 Å². The van der Waals surface area contributed by atoms with Crippen LogP contribution in [0.2, 0.25) is 0 Å². The first-order valence-corrected chi connectivity index (χ1v) is 6.88. The molecular formula is C16H20N2O3. The number of amides is 1. The van der Waals surface area contributed by atoms with Crippen molar-refractivity contribution in [2.45, 2.75) is 0 Å². The number of benzene rings is 1. The number of carbonyl (C=O) groups is 1. The third-order valence-electron chi connectivity index (χ3n) is 3.22. The van der Waals surface area contributed by atoms with Crippen molar-refractivity contribution < 1.29 is 14.6 Å². The van der Waals surface area contributed by atoms with Crippen LogP contribution in [0.15, 0.2) is 48.8 Å². The molecule has 5 nitrogen and oxygen atoms in total. The standard InChI is InChI=1S/C16H20N2O3/c1-21-12-10-18(9-11-19)16(20)14-5-4-6-15(13-14)17-7-2-3-8-17/h2-8,13,19H,9-12H2,1H3. The maximum atomic E-state index is 12.5. The predicted molar refractivity (Wildman–Crippen MR) is 80.6 cm³/mol. The van der Waals surface area contributed by atoms with Crippen molar-refractivity contribution in [2.24, 2.45) is 0 Å². The van der Waals surface area contributed by atoms with Crippen molar-refractivity contribution in [2.75, 3.05) is 33.4 Å². The van der Waals surface area contributed by atoms with E-state index < -0.39 is 0 Å². The minimum atomic E-state index is -0.102. The van der Waals surface area contributed by atoms with Gasteiger partial charge in [-0.1, -0.05) is 6.07 Å². The van der Waals surface area contributed by atoms with Gasteiger partial charge in [-0.3, -0.25) is 4.79 Å². The molecule has 1 aromatic carbocycles. The Balaban J connectivity index is 2.19. The first-order valence-electron chi connectivity index (χ1n) is 6.88. The summed E-state index contributed by atoms with van der Waals surface area (Å²) in [6, 6.07) is 11.3. The molecule has 2 aromatic rings. The van der Waals surface area contributed by atoms with Gasteiger partial charge in [-0.25, -0.2) is 0 Å². The van der Waals surface area contributed by atoms with E-state index in [0.29, 0.717) is 25.3 Å². The highest BCUT2D eigenvalue weighted by Crippen LogP contribution is 2.13. The Morgan fingerprint density at radius 1 is 1.24 bits per heavy atom. The lowest BCUT2D eigenvalue weighted by Gasteiger charge is -2.21. The molecule has 0 aliphatic rings. The predicted octanol–water partition coefficient (Wildman–Crippen LogP) is 1.56. The Bertz CT molecular complexity index is 567. The van der Waals surface area contributed by atoms with Crippen LogP contribution in [0.4, 0.5) is 0 Å². The van der Waals surface area contributed by atoms with Gasteiger partial charge in [-0.2, -0.15) is 0 Å². The molecule has 0 radical (unpaired) electrons. The Morgan fingerprint density at radius 2 is 2.00 bits per heavy atom. The monoisotopic (exact) mass is 288 g/mol. The highest BCUT2D eigenvalue weighted by Gasteiger charge is 2.15. The molecule has 0 atom stereocenters. The van der Waals surface area contributed by atoms with Crippen molar-refractivity contribution in [3.8, 4) is 5.69 Å². The molecule has 0 bridgehead atoms. The van der Waals surface area contributed by atoms with Crippen LogP contribution in [0.3, 0.4) is 0 Å². The lowest BCUT2D eigenvalue weighted by Crippen LogP contribution is -2.36. The molecule has 0 unspecified atom stereocenters. The maximum Gasteiger partial charge on any atom is 0.254 e. The van der Waals surface area contributed by atoms with Gasteiger partial charge in [0.1, 0.15) is 0 Å². The van der Waals surface area contributed by atoms with Crippen LogP contribution < -0.4 is 0 Å². The summed E-state index contributed by atoms with van der Waals surface area (Å²) < 4.78 is 6.95. The lowest BCUT2D eigenvalue weighted by molar-refractivity contribution is 0.0656. The SMILES string of the molecule is COCCN(CCO)C(=O)c1cccc(-n2cccc2)c1. The van der Waals surface area contributed by atoms with E-state index >= 15 is 0 Å². The summed E-state index contributed by atoms with van der Waals surface area (Å²) in [4.78, 5) is 14.1. The normalized spacial score (nSPS) is 10.6. The summed E-state index contributed by atoms with van der Waals surface area (Å²) >= 11 is 0. The van der Waals surface area contributed by atoms with Gasteiger partial charge in [0.15, 0.2) is 0 Å². The highest BCUT2D eigenvalue weighted by atomic mass is 16.5. The molecule has 1 aromatic heterocycles. The van der Waals surface area contributed by atoms with Crippen LogP contribution in [-0.2, 0) is 4.74 Å². The van der Waals surface area contributed by atoms with Gasteiger partial charge in [-0.15, -0.1) is 0 Å². The molecular weight excluding hydrogens is 268 g/mol. The number of aromatic nitrogens is 1. The van der Waals surface area contributed by atoms with Crippen LogP contribution in [0.25, 0.3) is 5.69 Å². The maximum absolute atomic E-state index is 12.5. The first-order chi connectivity index (χ1) is 10.3. The molecule has 1 N–H and O–H groups in total. The fraction of sp³-hybridized carbons (Fsp3) is 0.312. The molecule has 0 saturated heterocycles. The average molecular weight is 288 g/mol. The number of nitrogens with zero attached hydrogens (tertiary/aromatic N) is 2. The molecule has 1 amide bonds. The zero-order valence-electron chi connectivity index (χ0n) is 12.1. The zero-order valence-corrected chi connectivity index (χ0v) is 12.1. The third-order valence-corrected chi connectivity index (χ3v) is 3.22. The largest absolute Gasteiger partial charge is 0.395 e. The number of hydrogen-bond donors (Lipinski definition) is 1. The second kappa shape index (κ2) is 7.61. The van der Waals surface area contributed by atoms with Gasteiger partial charge < -0.3 is 19.3 Å². The Hall–Kier alpha value is -2.11. The minimum absolute atomic E-state index is 0.0628. The Kier molecular flexibility index (Phi) is 5.54. The fourth-order valence-electron chi connectivity index (χ4n) is 2.13. The van der Waals surface area contributed by atoms with Crippen LogP contribution in [0, 0.1) is 0 Å². The molecule has 0 fully saturated rings. The topological polar surface area (TPSA) is 54.7 Å². The van der Waals surface area contributed by atoms with Gasteiger partial charge in [0.25, 0.3) is 5.91 Å². The van der Waals surface area contributed by atoms with Crippen molar-refractivity contribution >= 4 is 5.91 Å². The molecule has 0 aliphatic carbocycles. The van der Waals surface area contributed by atoms with Crippen molar-refractivity contribution in [1.82, 2.24) is 9.47 Å². The van der Waals surface area contributed by atoms with Gasteiger partial charge in [0.05, 0.1) is 13.2 Å². The number of ether oxygens (including phenoxy) is 1. The van der Waals surface area contributed by atoms with Crippen molar-refractivity contribution in [1.29, 1.82) is 0 Å². The van der Waals surface area contributed by atoms with E-state index in [-0.39, 0.29) is 12.5 Å². The lowest BCUT2D eigenvalue weighted by atomic mass is 10.1. The summed E-state index contributed by atoms with van der Waals surface area (Å²) in [5.41, 5.74) is 1.53. The zero-order chi connectivity index (χ0) is 15.1. The van der Waals surface area contributed by atoms with Crippen LogP contribution >= 0.6 is 0 Å². The molecule has 0 saturated carbocycles. The summed E-state index contributed by atoms with van der Waals surface area (Å²) in [5, 5.41) is 9.10. The fourth-order valence-corrected chi connectivity index (χ4v) is 2.13. The van der Waals surface area contributed by atoms with E-state index in [2.05, 4.69) is 0 Å². The molecule has 1 heterocycles. The number of hydrogen-bond acceptors (Lipinski definition) is 3. The first kappa shape index (κ1) is 15.3. The summed E-state index contributed by atoms with van der Waals surface area (Å²) in [6.45, 7) is 1.15. The third kappa shape index (κ3) is 3.93. The van der Waals surface area contributed by atoms with Gasteiger partial charge in [-0.05, 0) is 30.3 Å². The summed E-state index contributed by atoms with van der Waals surface area (Å²) in [6.07, 6.45) is 3.86. The number of aliphatic hydroxyl groups excluding tert-OH is 1. The Morgan fingerprint density at radius 3 is 2.67 bits per heavy atom. The number of methoxy groups -OCH3 is 1. The van der Waals surface area contributed by atoms with Crippen molar-refractivity contribution in [3.05, 3.63) is 54.4 Å². The summed E-state index contributed by atoms with van der Waals surface area (Å²) in [5.74, 6) is -0.102. The summed E-state index contributed by atoms with van der Waals surface area (Å²) in [7, 11) is 1.59. The number of rotatable bonds is 7. The van der Waals surface area contributed by atoms with Crippen LogP contribution in [0.1, 0.15) is 10.4 Å². The van der Waals surface area contributed by atoms with Gasteiger partial charge in [0, 0.05) is 43.8 Å². The Labute approximate surface area is 124 Å². The molecule has 5 heteroatoms. The molecule has 21 heavy (non-hydrogen) atoms. The molecule has 0 spiro atoms. The van der Waals surface area contributed by atoms with E-state index in [1.807, 2.05) is 47.3 Å². The average Bonchev–Trinajstić information content (AvgIpc) is 3.05. The highest BCUT2D eigenvalue weighted by molar-refractivity contribution is 5.94. The minimum Gasteiger partial charge on any atom is -0.395 e.